The number of hydrogen-bond acceptors (Lipinski definition) is 2. The van der Waals surface area contributed by atoms with Crippen molar-refractivity contribution in [1.82, 2.24) is 0 Å². The van der Waals surface area contributed by atoms with Crippen molar-refractivity contribution in [2.24, 2.45) is 0 Å². The fourth-order valence-electron chi connectivity index (χ4n) is 0.532. The minimum atomic E-state index is -1.36. The van der Waals surface area contributed by atoms with Gasteiger partial charge in [0.05, 0.1) is 6.61 Å². The molecule has 0 rings (SSSR count). The third-order valence-corrected chi connectivity index (χ3v) is 1.65. The molecule has 0 heterocycles. The summed E-state index contributed by atoms with van der Waals surface area (Å²) in [6, 6.07) is 0. The van der Waals surface area contributed by atoms with Gasteiger partial charge in [-0.1, -0.05) is 41.7 Å². The van der Waals surface area contributed by atoms with Crippen molar-refractivity contribution in [2.75, 3.05) is 6.61 Å². The Morgan fingerprint density at radius 3 is 2.42 bits per heavy atom. The number of ether oxygens (including phenoxy) is 1. The second-order valence-electron chi connectivity index (χ2n) is 2.34. The molecule has 0 fully saturated rings. The molecule has 0 aliphatic heterocycles. The number of halogens is 3. The maximum atomic E-state index is 10.9. The van der Waals surface area contributed by atoms with Crippen molar-refractivity contribution in [2.45, 2.75) is 30.0 Å². The molecule has 0 aromatic rings. The molecule has 0 radical (unpaired) electrons. The van der Waals surface area contributed by atoms with Crippen LogP contribution in [-0.4, -0.2) is 16.4 Å². The summed E-state index contributed by atoms with van der Waals surface area (Å²) in [7, 11) is 0. The van der Waals surface area contributed by atoms with E-state index in [-0.39, 0.29) is 18.8 Å². The predicted molar refractivity (Wildman–Crippen MR) is 50.8 cm³/mol. The van der Waals surface area contributed by atoms with Gasteiger partial charge in [0.15, 0.2) is 3.79 Å². The van der Waals surface area contributed by atoms with Gasteiger partial charge in [0.1, 0.15) is 0 Å². The highest BCUT2D eigenvalue weighted by Crippen LogP contribution is 2.31. The van der Waals surface area contributed by atoms with Crippen LogP contribution in [0.1, 0.15) is 26.2 Å². The van der Waals surface area contributed by atoms with E-state index in [9.17, 15) is 4.79 Å². The average molecular weight is 234 g/mol. The van der Waals surface area contributed by atoms with Crippen LogP contribution in [-0.2, 0) is 9.53 Å². The summed E-state index contributed by atoms with van der Waals surface area (Å²) in [5.74, 6) is -0.317. The standard InChI is InChI=1S/C7H11Cl3O2/c1-2-5-12-6(11)3-4-7(8,9)10/h2-5H2,1H3. The molecular formula is C7H11Cl3O2. The third-order valence-electron chi connectivity index (χ3n) is 1.08. The molecule has 2 nitrogen and oxygen atoms in total. The summed E-state index contributed by atoms with van der Waals surface area (Å²) < 4.78 is 3.42. The van der Waals surface area contributed by atoms with Crippen LogP contribution in [0.4, 0.5) is 0 Å². The number of carbonyl (C=O) groups excluding carboxylic acids is 1. The first-order chi connectivity index (χ1) is 5.45. The summed E-state index contributed by atoms with van der Waals surface area (Å²) in [6.45, 7) is 2.35. The van der Waals surface area contributed by atoms with E-state index in [1.165, 1.54) is 0 Å². The van der Waals surface area contributed by atoms with Crippen molar-refractivity contribution in [3.8, 4) is 0 Å². The zero-order valence-corrected chi connectivity index (χ0v) is 9.05. The van der Waals surface area contributed by atoms with E-state index in [4.69, 9.17) is 39.5 Å². The molecule has 5 heteroatoms. The van der Waals surface area contributed by atoms with Crippen LogP contribution in [0.2, 0.25) is 0 Å². The smallest absolute Gasteiger partial charge is 0.305 e. The van der Waals surface area contributed by atoms with E-state index in [0.29, 0.717) is 6.61 Å². The van der Waals surface area contributed by atoms with Crippen molar-refractivity contribution in [3.05, 3.63) is 0 Å². The Kier molecular flexibility index (Phi) is 6.06. The number of carbonyl (C=O) groups is 1. The molecule has 0 aliphatic rings. The predicted octanol–water partition coefficient (Wildman–Crippen LogP) is 3.09. The number of rotatable bonds is 4. The van der Waals surface area contributed by atoms with E-state index in [1.807, 2.05) is 6.92 Å². The molecule has 72 valence electrons. The summed E-state index contributed by atoms with van der Waals surface area (Å²) in [4.78, 5) is 10.9. The van der Waals surface area contributed by atoms with E-state index in [1.54, 1.807) is 0 Å². The highest BCUT2D eigenvalue weighted by Gasteiger charge is 2.21. The lowest BCUT2D eigenvalue weighted by Gasteiger charge is -2.09. The molecular weight excluding hydrogens is 222 g/mol. The minimum absolute atomic E-state index is 0.149. The van der Waals surface area contributed by atoms with E-state index in [0.717, 1.165) is 6.42 Å². The number of esters is 1. The molecule has 0 saturated carbocycles. The Morgan fingerprint density at radius 2 is 2.00 bits per heavy atom. The topological polar surface area (TPSA) is 26.3 Å². The largest absolute Gasteiger partial charge is 0.466 e. The van der Waals surface area contributed by atoms with Crippen molar-refractivity contribution < 1.29 is 9.53 Å². The van der Waals surface area contributed by atoms with Gasteiger partial charge in [-0.05, 0) is 6.42 Å². The van der Waals surface area contributed by atoms with Crippen LogP contribution in [0.3, 0.4) is 0 Å². The molecule has 0 saturated heterocycles. The zero-order valence-electron chi connectivity index (χ0n) is 6.78. The van der Waals surface area contributed by atoms with Gasteiger partial charge in [0.25, 0.3) is 0 Å². The van der Waals surface area contributed by atoms with Crippen LogP contribution in [0, 0.1) is 0 Å². The molecule has 0 aromatic heterocycles. The summed E-state index contributed by atoms with van der Waals surface area (Å²) in [6.07, 6.45) is 1.15. The Hall–Kier alpha value is 0.340. The van der Waals surface area contributed by atoms with Gasteiger partial charge >= 0.3 is 5.97 Å². The fraction of sp³-hybridized carbons (Fsp3) is 0.857. The van der Waals surface area contributed by atoms with Gasteiger partial charge < -0.3 is 4.74 Å². The van der Waals surface area contributed by atoms with E-state index >= 15 is 0 Å². The molecule has 0 aliphatic carbocycles. The minimum Gasteiger partial charge on any atom is -0.466 e. The SMILES string of the molecule is CCCOC(=O)CCC(Cl)(Cl)Cl. The van der Waals surface area contributed by atoms with Crippen molar-refractivity contribution in [1.29, 1.82) is 0 Å². The quantitative estimate of drug-likeness (QED) is 0.551. The molecule has 0 spiro atoms. The van der Waals surface area contributed by atoms with Crippen LogP contribution >= 0.6 is 34.8 Å². The molecule has 12 heavy (non-hydrogen) atoms. The third kappa shape index (κ3) is 8.44. The van der Waals surface area contributed by atoms with Gasteiger partial charge in [0, 0.05) is 12.8 Å². The summed E-state index contributed by atoms with van der Waals surface area (Å²) >= 11 is 16.3. The second kappa shape index (κ2) is 5.90. The highest BCUT2D eigenvalue weighted by atomic mass is 35.6. The highest BCUT2D eigenvalue weighted by molar-refractivity contribution is 6.67. The average Bonchev–Trinajstić information content (AvgIpc) is 1.95. The number of alkyl halides is 3. The van der Waals surface area contributed by atoms with E-state index in [2.05, 4.69) is 0 Å². The van der Waals surface area contributed by atoms with Crippen molar-refractivity contribution in [3.63, 3.8) is 0 Å². The Morgan fingerprint density at radius 1 is 1.42 bits per heavy atom. The van der Waals surface area contributed by atoms with Crippen LogP contribution in [0.25, 0.3) is 0 Å². The molecule has 0 aromatic carbocycles. The summed E-state index contributed by atoms with van der Waals surface area (Å²) in [5, 5.41) is 0. The van der Waals surface area contributed by atoms with E-state index < -0.39 is 3.79 Å². The lowest BCUT2D eigenvalue weighted by atomic mass is 10.3. The zero-order chi connectivity index (χ0) is 9.61. The molecule has 0 N–H and O–H groups in total. The molecule has 0 amide bonds. The maximum absolute atomic E-state index is 10.9. The van der Waals surface area contributed by atoms with Gasteiger partial charge in [-0.2, -0.15) is 0 Å². The number of hydrogen-bond donors (Lipinski definition) is 0. The normalized spacial score (nSPS) is 11.3. The first kappa shape index (κ1) is 12.3. The lowest BCUT2D eigenvalue weighted by molar-refractivity contribution is -0.143. The van der Waals surface area contributed by atoms with Gasteiger partial charge in [-0.3, -0.25) is 4.79 Å². The van der Waals surface area contributed by atoms with Gasteiger partial charge in [0.2, 0.25) is 0 Å². The van der Waals surface area contributed by atoms with Crippen LogP contribution in [0.5, 0.6) is 0 Å². The Labute approximate surface area is 87.1 Å². The van der Waals surface area contributed by atoms with Gasteiger partial charge in [-0.25, -0.2) is 0 Å². The lowest BCUT2D eigenvalue weighted by Crippen LogP contribution is -2.10. The van der Waals surface area contributed by atoms with Crippen molar-refractivity contribution >= 4 is 40.8 Å². The Bertz CT molecular complexity index is 142. The molecule has 0 unspecified atom stereocenters. The van der Waals surface area contributed by atoms with Crippen LogP contribution in [0.15, 0.2) is 0 Å². The van der Waals surface area contributed by atoms with Gasteiger partial charge in [-0.15, -0.1) is 0 Å². The molecule has 0 bridgehead atoms. The second-order valence-corrected chi connectivity index (χ2v) is 4.85. The maximum Gasteiger partial charge on any atom is 0.305 e. The Balaban J connectivity index is 3.44. The fourth-order valence-corrected chi connectivity index (χ4v) is 0.815. The first-order valence-electron chi connectivity index (χ1n) is 3.68. The van der Waals surface area contributed by atoms with Crippen LogP contribution < -0.4 is 0 Å². The summed E-state index contributed by atoms with van der Waals surface area (Å²) in [5.41, 5.74) is 0. The monoisotopic (exact) mass is 232 g/mol. The molecule has 0 atom stereocenters. The first-order valence-corrected chi connectivity index (χ1v) is 4.81.